The quantitative estimate of drug-likeness (QED) is 0.377. The van der Waals surface area contributed by atoms with E-state index < -0.39 is 0 Å². The molecule has 0 aromatic rings. The molecule has 0 aromatic carbocycles. The third kappa shape index (κ3) is 10.8. The fourth-order valence-electron chi connectivity index (χ4n) is 0.669. The van der Waals surface area contributed by atoms with Crippen LogP contribution in [0.1, 0.15) is 33.1 Å². The number of rotatable bonds is 4. The number of hydrogen-bond acceptors (Lipinski definition) is 2. The fourth-order valence-corrected chi connectivity index (χ4v) is 0.669. The third-order valence-corrected chi connectivity index (χ3v) is 1.34. The van der Waals surface area contributed by atoms with Crippen LogP contribution in [0, 0.1) is 11.8 Å². The SMILES string of the molecule is CCCCC#C/C=C/COC(C)=O. The molecule has 0 rings (SSSR count). The van der Waals surface area contributed by atoms with Crippen molar-refractivity contribution in [2.45, 2.75) is 33.1 Å². The number of ether oxygens (including phenoxy) is 1. The molecule has 72 valence electrons. The third-order valence-electron chi connectivity index (χ3n) is 1.34. The van der Waals surface area contributed by atoms with E-state index in [-0.39, 0.29) is 5.97 Å². The van der Waals surface area contributed by atoms with Crippen LogP contribution in [0.3, 0.4) is 0 Å². The monoisotopic (exact) mass is 180 g/mol. The van der Waals surface area contributed by atoms with Crippen LogP contribution in [0.5, 0.6) is 0 Å². The average Bonchev–Trinajstić information content (AvgIpc) is 2.09. The van der Waals surface area contributed by atoms with Gasteiger partial charge in [-0.2, -0.15) is 0 Å². The van der Waals surface area contributed by atoms with Gasteiger partial charge in [0.05, 0.1) is 0 Å². The van der Waals surface area contributed by atoms with Gasteiger partial charge in [0.15, 0.2) is 0 Å². The van der Waals surface area contributed by atoms with Gasteiger partial charge in [-0.05, 0) is 18.6 Å². The Morgan fingerprint density at radius 2 is 2.31 bits per heavy atom. The highest BCUT2D eigenvalue weighted by Crippen LogP contribution is 1.90. The van der Waals surface area contributed by atoms with Crippen LogP contribution in [0.15, 0.2) is 12.2 Å². The van der Waals surface area contributed by atoms with E-state index in [1.165, 1.54) is 13.3 Å². The first kappa shape index (κ1) is 11.8. The molecule has 0 N–H and O–H groups in total. The highest BCUT2D eigenvalue weighted by Gasteiger charge is 1.84. The molecule has 2 nitrogen and oxygen atoms in total. The molecule has 0 amide bonds. The van der Waals surface area contributed by atoms with Crippen molar-refractivity contribution in [2.24, 2.45) is 0 Å². The zero-order valence-electron chi connectivity index (χ0n) is 8.30. The Morgan fingerprint density at radius 1 is 1.54 bits per heavy atom. The molecular formula is C11H16O2. The van der Waals surface area contributed by atoms with Crippen molar-refractivity contribution in [1.82, 2.24) is 0 Å². The second-order valence-corrected chi connectivity index (χ2v) is 2.63. The Labute approximate surface area is 80.0 Å². The highest BCUT2D eigenvalue weighted by molar-refractivity contribution is 5.66. The molecule has 0 aliphatic rings. The molecule has 0 bridgehead atoms. The fraction of sp³-hybridized carbons (Fsp3) is 0.545. The first-order valence-corrected chi connectivity index (χ1v) is 4.54. The van der Waals surface area contributed by atoms with E-state index in [0.29, 0.717) is 6.61 Å². The van der Waals surface area contributed by atoms with Crippen molar-refractivity contribution in [3.05, 3.63) is 12.2 Å². The molecular weight excluding hydrogens is 164 g/mol. The standard InChI is InChI=1S/C11H16O2/c1-3-4-5-6-7-8-9-10-13-11(2)12/h8-9H,3-5,10H2,1-2H3/b9-8+. The van der Waals surface area contributed by atoms with Gasteiger partial charge in [-0.3, -0.25) is 4.79 Å². The van der Waals surface area contributed by atoms with Gasteiger partial charge in [-0.1, -0.05) is 25.2 Å². The lowest BCUT2D eigenvalue weighted by Gasteiger charge is -1.92. The summed E-state index contributed by atoms with van der Waals surface area (Å²) in [4.78, 5) is 10.3. The zero-order chi connectivity index (χ0) is 9.94. The summed E-state index contributed by atoms with van der Waals surface area (Å²) in [6, 6.07) is 0. The minimum Gasteiger partial charge on any atom is -0.462 e. The lowest BCUT2D eigenvalue weighted by atomic mass is 10.2. The van der Waals surface area contributed by atoms with Crippen molar-refractivity contribution in [3.63, 3.8) is 0 Å². The second kappa shape index (κ2) is 8.86. The first-order valence-electron chi connectivity index (χ1n) is 4.54. The lowest BCUT2D eigenvalue weighted by molar-refractivity contribution is -0.139. The maximum absolute atomic E-state index is 10.3. The summed E-state index contributed by atoms with van der Waals surface area (Å²) >= 11 is 0. The highest BCUT2D eigenvalue weighted by atomic mass is 16.5. The lowest BCUT2D eigenvalue weighted by Crippen LogP contribution is -1.96. The van der Waals surface area contributed by atoms with Gasteiger partial charge in [0.2, 0.25) is 0 Å². The molecule has 0 aliphatic heterocycles. The summed E-state index contributed by atoms with van der Waals surface area (Å²) in [5.41, 5.74) is 0. The van der Waals surface area contributed by atoms with Crippen LogP contribution < -0.4 is 0 Å². The summed E-state index contributed by atoms with van der Waals surface area (Å²) in [6.45, 7) is 3.84. The Kier molecular flexibility index (Phi) is 8.02. The van der Waals surface area contributed by atoms with Gasteiger partial charge >= 0.3 is 5.97 Å². The second-order valence-electron chi connectivity index (χ2n) is 2.63. The molecule has 0 unspecified atom stereocenters. The van der Waals surface area contributed by atoms with Crippen LogP contribution in [0.4, 0.5) is 0 Å². The van der Waals surface area contributed by atoms with Crippen LogP contribution in [0.2, 0.25) is 0 Å². The van der Waals surface area contributed by atoms with Crippen molar-refractivity contribution >= 4 is 5.97 Å². The molecule has 0 heterocycles. The summed E-state index contributed by atoms with van der Waals surface area (Å²) in [5.74, 6) is 5.61. The van der Waals surface area contributed by atoms with E-state index >= 15 is 0 Å². The zero-order valence-corrected chi connectivity index (χ0v) is 8.30. The summed E-state index contributed by atoms with van der Waals surface area (Å²) < 4.78 is 4.68. The normalized spacial score (nSPS) is 9.38. The maximum Gasteiger partial charge on any atom is 0.302 e. The molecule has 0 saturated heterocycles. The van der Waals surface area contributed by atoms with Crippen molar-refractivity contribution < 1.29 is 9.53 Å². The predicted octanol–water partition coefficient (Wildman–Crippen LogP) is 2.30. The molecule has 0 saturated carbocycles. The molecule has 0 aliphatic carbocycles. The van der Waals surface area contributed by atoms with Gasteiger partial charge in [0.1, 0.15) is 6.61 Å². The Hall–Kier alpha value is -1.23. The van der Waals surface area contributed by atoms with E-state index in [1.807, 2.05) is 0 Å². The van der Waals surface area contributed by atoms with Crippen LogP contribution in [-0.2, 0) is 9.53 Å². The van der Waals surface area contributed by atoms with Gasteiger partial charge in [-0.25, -0.2) is 0 Å². The smallest absolute Gasteiger partial charge is 0.302 e. The van der Waals surface area contributed by atoms with Gasteiger partial charge < -0.3 is 4.74 Å². The van der Waals surface area contributed by atoms with Crippen LogP contribution in [0.25, 0.3) is 0 Å². The molecule has 0 aromatic heterocycles. The number of carbonyl (C=O) groups excluding carboxylic acids is 1. The van der Waals surface area contributed by atoms with Gasteiger partial charge in [-0.15, -0.1) is 0 Å². The Bertz CT molecular complexity index is 218. The van der Waals surface area contributed by atoms with Crippen LogP contribution >= 0.6 is 0 Å². The molecule has 13 heavy (non-hydrogen) atoms. The van der Waals surface area contributed by atoms with E-state index in [4.69, 9.17) is 0 Å². The maximum atomic E-state index is 10.3. The molecule has 2 heteroatoms. The Morgan fingerprint density at radius 3 is 2.92 bits per heavy atom. The van der Waals surface area contributed by atoms with Gasteiger partial charge in [0, 0.05) is 13.3 Å². The number of esters is 1. The van der Waals surface area contributed by atoms with Crippen molar-refractivity contribution in [2.75, 3.05) is 6.61 Å². The molecule has 0 fully saturated rings. The van der Waals surface area contributed by atoms with Crippen LogP contribution in [-0.4, -0.2) is 12.6 Å². The van der Waals surface area contributed by atoms with E-state index in [0.717, 1.165) is 12.8 Å². The number of allylic oxidation sites excluding steroid dienone is 1. The number of hydrogen-bond donors (Lipinski definition) is 0. The van der Waals surface area contributed by atoms with Crippen molar-refractivity contribution in [1.29, 1.82) is 0 Å². The number of unbranched alkanes of at least 4 members (excludes halogenated alkanes) is 2. The summed E-state index contributed by atoms with van der Waals surface area (Å²) in [6.07, 6.45) is 6.71. The summed E-state index contributed by atoms with van der Waals surface area (Å²) in [5, 5.41) is 0. The molecule has 0 atom stereocenters. The summed E-state index contributed by atoms with van der Waals surface area (Å²) in [7, 11) is 0. The average molecular weight is 180 g/mol. The topological polar surface area (TPSA) is 26.3 Å². The van der Waals surface area contributed by atoms with Gasteiger partial charge in [0.25, 0.3) is 0 Å². The number of carbonyl (C=O) groups is 1. The van der Waals surface area contributed by atoms with E-state index in [1.54, 1.807) is 12.2 Å². The van der Waals surface area contributed by atoms with E-state index in [9.17, 15) is 4.79 Å². The first-order chi connectivity index (χ1) is 6.27. The molecule has 0 spiro atoms. The van der Waals surface area contributed by atoms with E-state index in [2.05, 4.69) is 23.5 Å². The minimum atomic E-state index is -0.261. The predicted molar refractivity (Wildman–Crippen MR) is 53.1 cm³/mol. The Balaban J connectivity index is 3.37. The molecule has 0 radical (unpaired) electrons. The van der Waals surface area contributed by atoms with Crippen molar-refractivity contribution in [3.8, 4) is 11.8 Å². The largest absolute Gasteiger partial charge is 0.462 e. The minimum absolute atomic E-state index is 0.261.